The fourth-order valence-corrected chi connectivity index (χ4v) is 0.912. The molecule has 0 aliphatic heterocycles. The summed E-state index contributed by atoms with van der Waals surface area (Å²) in [5, 5.41) is 0. The number of ether oxygens (including phenoxy) is 1. The fourth-order valence-electron chi connectivity index (χ4n) is 0.912. The van der Waals surface area contributed by atoms with Crippen molar-refractivity contribution in [2.45, 2.75) is 6.92 Å². The van der Waals surface area contributed by atoms with Gasteiger partial charge in [0.1, 0.15) is 6.29 Å². The summed E-state index contributed by atoms with van der Waals surface area (Å²) in [7, 11) is 0. The zero-order valence-corrected chi connectivity index (χ0v) is 7.01. The minimum Gasteiger partial charge on any atom is -0.491 e. The molecule has 0 N–H and O–H groups in total. The van der Waals surface area contributed by atoms with Gasteiger partial charge in [0.15, 0.2) is 11.6 Å². The third-order valence-electron chi connectivity index (χ3n) is 1.45. The van der Waals surface area contributed by atoms with E-state index in [1.807, 2.05) is 0 Å². The van der Waals surface area contributed by atoms with Gasteiger partial charge in [-0.25, -0.2) is 4.39 Å². The van der Waals surface area contributed by atoms with Crippen LogP contribution in [0.1, 0.15) is 17.3 Å². The van der Waals surface area contributed by atoms with Crippen LogP contribution in [0.15, 0.2) is 12.1 Å². The molecule has 0 aliphatic rings. The first-order valence-corrected chi connectivity index (χ1v) is 3.76. The first-order valence-electron chi connectivity index (χ1n) is 3.76. The number of carbonyl (C=O) groups is 1. The molecule has 0 heterocycles. The fraction of sp³-hybridized carbons (Fsp3) is 0.222. The van der Waals surface area contributed by atoms with Crippen LogP contribution in [-0.4, -0.2) is 12.9 Å². The van der Waals surface area contributed by atoms with E-state index in [-0.39, 0.29) is 17.9 Å². The Balaban J connectivity index is 3.16. The molecule has 0 unspecified atom stereocenters. The summed E-state index contributed by atoms with van der Waals surface area (Å²) in [5.41, 5.74) is 0.0577. The van der Waals surface area contributed by atoms with Crippen LogP contribution in [0.3, 0.4) is 0 Å². The van der Waals surface area contributed by atoms with Crippen molar-refractivity contribution in [1.29, 1.82) is 0 Å². The number of rotatable bonds is 3. The lowest BCUT2D eigenvalue weighted by Crippen LogP contribution is -1.98. The van der Waals surface area contributed by atoms with E-state index in [4.69, 9.17) is 4.74 Å². The monoisotopic (exact) mass is 186 g/mol. The normalized spacial score (nSPS) is 9.77. The average Bonchev–Trinajstić information content (AvgIpc) is 2.13. The summed E-state index contributed by atoms with van der Waals surface area (Å²) >= 11 is 0. The molecule has 0 aliphatic carbocycles. The Labute approximate surface area is 74.1 Å². The quantitative estimate of drug-likeness (QED) is 0.676. The predicted octanol–water partition coefficient (Wildman–Crippen LogP) is 2.18. The second kappa shape index (κ2) is 3.98. The Morgan fingerprint density at radius 1 is 1.46 bits per heavy atom. The largest absolute Gasteiger partial charge is 0.491 e. The van der Waals surface area contributed by atoms with Crippen molar-refractivity contribution in [3.05, 3.63) is 29.3 Å². The number of halogens is 2. The van der Waals surface area contributed by atoms with Gasteiger partial charge in [-0.2, -0.15) is 4.39 Å². The molecule has 0 amide bonds. The molecule has 0 fully saturated rings. The second-order valence-corrected chi connectivity index (χ2v) is 2.37. The maximum Gasteiger partial charge on any atom is 0.200 e. The zero-order chi connectivity index (χ0) is 9.84. The van der Waals surface area contributed by atoms with Gasteiger partial charge in [-0.1, -0.05) is 0 Å². The molecule has 1 rings (SSSR count). The van der Waals surface area contributed by atoms with Crippen molar-refractivity contribution in [3.63, 3.8) is 0 Å². The van der Waals surface area contributed by atoms with Crippen LogP contribution in [0.25, 0.3) is 0 Å². The van der Waals surface area contributed by atoms with Gasteiger partial charge in [0.05, 0.1) is 6.61 Å². The van der Waals surface area contributed by atoms with Crippen LogP contribution in [-0.2, 0) is 0 Å². The number of carbonyl (C=O) groups excluding carboxylic acids is 1. The van der Waals surface area contributed by atoms with Crippen LogP contribution < -0.4 is 4.74 Å². The van der Waals surface area contributed by atoms with E-state index >= 15 is 0 Å². The predicted molar refractivity (Wildman–Crippen MR) is 42.9 cm³/mol. The number of hydrogen-bond acceptors (Lipinski definition) is 2. The van der Waals surface area contributed by atoms with Crippen LogP contribution in [0.2, 0.25) is 0 Å². The van der Waals surface area contributed by atoms with Crippen LogP contribution in [0.4, 0.5) is 8.78 Å². The first kappa shape index (κ1) is 9.64. The standard InChI is InChI=1S/C9H8F2O2/c1-2-13-8-4-6(5-12)3-7(10)9(8)11/h3-5H,2H2,1H3. The lowest BCUT2D eigenvalue weighted by molar-refractivity contribution is 0.112. The van der Waals surface area contributed by atoms with E-state index in [2.05, 4.69) is 0 Å². The van der Waals surface area contributed by atoms with E-state index < -0.39 is 11.6 Å². The summed E-state index contributed by atoms with van der Waals surface area (Å²) in [6.45, 7) is 1.86. The lowest BCUT2D eigenvalue weighted by Gasteiger charge is -2.05. The molecule has 0 bridgehead atoms. The average molecular weight is 186 g/mol. The van der Waals surface area contributed by atoms with E-state index in [1.165, 1.54) is 0 Å². The molecule has 0 atom stereocenters. The summed E-state index contributed by atoms with van der Waals surface area (Å²) in [4.78, 5) is 10.3. The van der Waals surface area contributed by atoms with E-state index in [0.717, 1.165) is 12.1 Å². The molecule has 2 nitrogen and oxygen atoms in total. The van der Waals surface area contributed by atoms with Gasteiger partial charge in [-0.05, 0) is 19.1 Å². The zero-order valence-electron chi connectivity index (χ0n) is 7.01. The Hall–Kier alpha value is -1.45. The van der Waals surface area contributed by atoms with Gasteiger partial charge in [0, 0.05) is 5.56 Å². The van der Waals surface area contributed by atoms with Gasteiger partial charge in [-0.3, -0.25) is 4.79 Å². The summed E-state index contributed by atoms with van der Waals surface area (Å²) in [5.74, 6) is -2.37. The Bertz CT molecular complexity index is 324. The van der Waals surface area contributed by atoms with Crippen molar-refractivity contribution >= 4 is 6.29 Å². The van der Waals surface area contributed by atoms with Gasteiger partial charge in [0.2, 0.25) is 5.82 Å². The molecule has 70 valence electrons. The molecule has 1 aromatic carbocycles. The van der Waals surface area contributed by atoms with Crippen LogP contribution >= 0.6 is 0 Å². The van der Waals surface area contributed by atoms with Gasteiger partial charge in [-0.15, -0.1) is 0 Å². The second-order valence-electron chi connectivity index (χ2n) is 2.37. The van der Waals surface area contributed by atoms with Gasteiger partial charge >= 0.3 is 0 Å². The maximum absolute atomic E-state index is 12.9. The van der Waals surface area contributed by atoms with Gasteiger partial charge in [0.25, 0.3) is 0 Å². The Morgan fingerprint density at radius 3 is 2.69 bits per heavy atom. The molecule has 0 radical (unpaired) electrons. The molecule has 0 saturated heterocycles. The van der Waals surface area contributed by atoms with Crippen molar-refractivity contribution in [3.8, 4) is 5.75 Å². The molecular weight excluding hydrogens is 178 g/mol. The van der Waals surface area contributed by atoms with Crippen molar-refractivity contribution in [2.75, 3.05) is 6.61 Å². The highest BCUT2D eigenvalue weighted by molar-refractivity contribution is 5.75. The summed E-state index contributed by atoms with van der Waals surface area (Å²) in [6.07, 6.45) is 0.436. The molecule has 0 spiro atoms. The molecule has 0 aromatic heterocycles. The minimum atomic E-state index is -1.08. The summed E-state index contributed by atoms with van der Waals surface area (Å²) < 4.78 is 30.4. The molecule has 4 heteroatoms. The smallest absolute Gasteiger partial charge is 0.200 e. The van der Waals surface area contributed by atoms with Crippen LogP contribution in [0, 0.1) is 11.6 Å². The van der Waals surface area contributed by atoms with E-state index in [1.54, 1.807) is 6.92 Å². The SMILES string of the molecule is CCOc1cc(C=O)cc(F)c1F. The number of benzene rings is 1. The van der Waals surface area contributed by atoms with Crippen molar-refractivity contribution in [2.24, 2.45) is 0 Å². The highest BCUT2D eigenvalue weighted by Gasteiger charge is 2.10. The minimum absolute atomic E-state index is 0.0577. The highest BCUT2D eigenvalue weighted by atomic mass is 19.2. The van der Waals surface area contributed by atoms with E-state index in [0.29, 0.717) is 6.29 Å². The van der Waals surface area contributed by atoms with Crippen LogP contribution in [0.5, 0.6) is 5.75 Å². The van der Waals surface area contributed by atoms with E-state index in [9.17, 15) is 13.6 Å². The number of hydrogen-bond donors (Lipinski definition) is 0. The third kappa shape index (κ3) is 2.02. The molecule has 13 heavy (non-hydrogen) atoms. The molecule has 0 saturated carbocycles. The first-order chi connectivity index (χ1) is 6.19. The van der Waals surface area contributed by atoms with Gasteiger partial charge < -0.3 is 4.74 Å². The lowest BCUT2D eigenvalue weighted by atomic mass is 10.2. The van der Waals surface area contributed by atoms with Crippen molar-refractivity contribution < 1.29 is 18.3 Å². The van der Waals surface area contributed by atoms with Crippen molar-refractivity contribution in [1.82, 2.24) is 0 Å². The Kier molecular flexibility index (Phi) is 2.95. The molecule has 1 aromatic rings. The number of aldehydes is 1. The maximum atomic E-state index is 12.9. The molecular formula is C9H8F2O2. The highest BCUT2D eigenvalue weighted by Crippen LogP contribution is 2.21. The summed E-state index contributed by atoms with van der Waals surface area (Å²) in [6, 6.07) is 1.99. The topological polar surface area (TPSA) is 26.3 Å². The third-order valence-corrected chi connectivity index (χ3v) is 1.45. The Morgan fingerprint density at radius 2 is 2.15 bits per heavy atom.